The van der Waals surface area contributed by atoms with Crippen LogP contribution >= 0.6 is 0 Å². The van der Waals surface area contributed by atoms with Crippen molar-refractivity contribution in [1.82, 2.24) is 0 Å². The van der Waals surface area contributed by atoms with Gasteiger partial charge in [-0.05, 0) is 43.4 Å². The Kier molecular flexibility index (Phi) is 5.89. The molecule has 2 aromatic rings. The maximum atomic E-state index is 12.3. The number of aryl methyl sites for hydroxylation is 1. The molecular weight excluding hydrogens is 298 g/mol. The molecule has 2 aromatic carbocycles. The van der Waals surface area contributed by atoms with Crippen LogP contribution in [0, 0.1) is 5.92 Å². The Balaban J connectivity index is 1.51. The number of rotatable bonds is 7. The minimum atomic E-state index is 0.132. The largest absolute Gasteiger partial charge is 0.491 e. The highest BCUT2D eigenvalue weighted by atomic mass is 16.5. The van der Waals surface area contributed by atoms with Crippen LogP contribution in [-0.2, 0) is 11.2 Å². The van der Waals surface area contributed by atoms with E-state index in [0.29, 0.717) is 6.61 Å². The van der Waals surface area contributed by atoms with Gasteiger partial charge in [0.15, 0.2) is 0 Å². The van der Waals surface area contributed by atoms with Crippen molar-refractivity contribution in [3.8, 4) is 5.75 Å². The van der Waals surface area contributed by atoms with Gasteiger partial charge in [0.25, 0.3) is 0 Å². The maximum absolute atomic E-state index is 12.3. The van der Waals surface area contributed by atoms with Crippen LogP contribution in [0.15, 0.2) is 54.6 Å². The molecule has 3 nitrogen and oxygen atoms in total. The molecule has 3 rings (SSSR count). The summed E-state index contributed by atoms with van der Waals surface area (Å²) in [6.45, 7) is 0.644. The van der Waals surface area contributed by atoms with Crippen molar-refractivity contribution in [3.05, 3.63) is 60.2 Å². The summed E-state index contributed by atoms with van der Waals surface area (Å²) in [6, 6.07) is 18.1. The summed E-state index contributed by atoms with van der Waals surface area (Å²) in [5.41, 5.74) is 2.11. The Hall–Kier alpha value is -2.29. The molecule has 1 amide bonds. The van der Waals surface area contributed by atoms with Gasteiger partial charge in [0.05, 0.1) is 12.3 Å². The topological polar surface area (TPSA) is 38.3 Å². The SMILES string of the molecule is O=C(Nc1ccccc1OCCCc1ccccc1)C1CCCC1. The van der Waals surface area contributed by atoms with E-state index in [9.17, 15) is 4.79 Å². The molecule has 126 valence electrons. The average molecular weight is 323 g/mol. The number of hydrogen-bond acceptors (Lipinski definition) is 2. The van der Waals surface area contributed by atoms with E-state index < -0.39 is 0 Å². The predicted molar refractivity (Wildman–Crippen MR) is 97.3 cm³/mol. The minimum absolute atomic E-state index is 0.132. The van der Waals surface area contributed by atoms with Crippen LogP contribution in [0.25, 0.3) is 0 Å². The number of carbonyl (C=O) groups is 1. The van der Waals surface area contributed by atoms with Crippen molar-refractivity contribution in [2.75, 3.05) is 11.9 Å². The quantitative estimate of drug-likeness (QED) is 0.741. The van der Waals surface area contributed by atoms with Gasteiger partial charge in [0, 0.05) is 5.92 Å². The van der Waals surface area contributed by atoms with E-state index in [0.717, 1.165) is 50.0 Å². The third-order valence-corrected chi connectivity index (χ3v) is 4.58. The Morgan fingerprint density at radius 3 is 2.50 bits per heavy atom. The van der Waals surface area contributed by atoms with Gasteiger partial charge in [-0.2, -0.15) is 0 Å². The van der Waals surface area contributed by atoms with E-state index in [1.807, 2.05) is 30.3 Å². The first-order chi connectivity index (χ1) is 11.8. The van der Waals surface area contributed by atoms with Crippen molar-refractivity contribution in [1.29, 1.82) is 0 Å². The second kappa shape index (κ2) is 8.53. The number of carbonyl (C=O) groups excluding carboxylic acids is 1. The van der Waals surface area contributed by atoms with Gasteiger partial charge in [-0.1, -0.05) is 55.3 Å². The van der Waals surface area contributed by atoms with Gasteiger partial charge >= 0.3 is 0 Å². The minimum Gasteiger partial charge on any atom is -0.491 e. The number of benzene rings is 2. The average Bonchev–Trinajstić information content (AvgIpc) is 3.16. The molecule has 24 heavy (non-hydrogen) atoms. The van der Waals surface area contributed by atoms with Crippen LogP contribution in [0.1, 0.15) is 37.7 Å². The Labute approximate surface area is 144 Å². The zero-order valence-corrected chi connectivity index (χ0v) is 14.0. The normalized spacial score (nSPS) is 14.5. The number of hydrogen-bond donors (Lipinski definition) is 1. The highest BCUT2D eigenvalue weighted by molar-refractivity contribution is 5.94. The fourth-order valence-electron chi connectivity index (χ4n) is 3.22. The Morgan fingerprint density at radius 1 is 1.00 bits per heavy atom. The Morgan fingerprint density at radius 2 is 1.71 bits per heavy atom. The fourth-order valence-corrected chi connectivity index (χ4v) is 3.22. The number of anilines is 1. The van der Waals surface area contributed by atoms with Crippen LogP contribution in [0.2, 0.25) is 0 Å². The second-order valence-corrected chi connectivity index (χ2v) is 6.40. The van der Waals surface area contributed by atoms with Crippen LogP contribution in [0.4, 0.5) is 5.69 Å². The molecule has 1 N–H and O–H groups in total. The highest BCUT2D eigenvalue weighted by Crippen LogP contribution is 2.29. The summed E-state index contributed by atoms with van der Waals surface area (Å²) in [7, 11) is 0. The van der Waals surface area contributed by atoms with Crippen molar-refractivity contribution in [3.63, 3.8) is 0 Å². The fraction of sp³-hybridized carbons (Fsp3) is 0.381. The van der Waals surface area contributed by atoms with Gasteiger partial charge < -0.3 is 10.1 Å². The summed E-state index contributed by atoms with van der Waals surface area (Å²) in [4.78, 5) is 12.3. The monoisotopic (exact) mass is 323 g/mol. The van der Waals surface area contributed by atoms with E-state index in [1.165, 1.54) is 5.56 Å². The van der Waals surface area contributed by atoms with Crippen LogP contribution < -0.4 is 10.1 Å². The molecule has 0 radical (unpaired) electrons. The predicted octanol–water partition coefficient (Wildman–Crippen LogP) is 4.83. The molecule has 3 heteroatoms. The maximum Gasteiger partial charge on any atom is 0.227 e. The van der Waals surface area contributed by atoms with Crippen molar-refractivity contribution in [2.24, 2.45) is 5.92 Å². The number of amides is 1. The zero-order valence-electron chi connectivity index (χ0n) is 14.0. The molecule has 0 spiro atoms. The molecule has 0 heterocycles. The van der Waals surface area contributed by atoms with Gasteiger partial charge in [-0.3, -0.25) is 4.79 Å². The third kappa shape index (κ3) is 4.60. The molecule has 1 aliphatic rings. The molecule has 0 aromatic heterocycles. The first kappa shape index (κ1) is 16.6. The molecule has 0 bridgehead atoms. The van der Waals surface area contributed by atoms with Crippen LogP contribution in [0.5, 0.6) is 5.75 Å². The molecule has 1 saturated carbocycles. The second-order valence-electron chi connectivity index (χ2n) is 6.40. The van der Waals surface area contributed by atoms with Crippen molar-refractivity contribution in [2.45, 2.75) is 38.5 Å². The van der Waals surface area contributed by atoms with Crippen molar-refractivity contribution >= 4 is 11.6 Å². The highest BCUT2D eigenvalue weighted by Gasteiger charge is 2.23. The van der Waals surface area contributed by atoms with Gasteiger partial charge in [0.2, 0.25) is 5.91 Å². The lowest BCUT2D eigenvalue weighted by atomic mass is 10.1. The first-order valence-corrected chi connectivity index (χ1v) is 8.89. The first-order valence-electron chi connectivity index (χ1n) is 8.89. The number of ether oxygens (including phenoxy) is 1. The third-order valence-electron chi connectivity index (χ3n) is 4.58. The Bertz CT molecular complexity index is 648. The summed E-state index contributed by atoms with van der Waals surface area (Å²) >= 11 is 0. The van der Waals surface area contributed by atoms with Crippen molar-refractivity contribution < 1.29 is 9.53 Å². The molecule has 0 unspecified atom stereocenters. The smallest absolute Gasteiger partial charge is 0.227 e. The summed E-state index contributed by atoms with van der Waals surface area (Å²) in [6.07, 6.45) is 6.29. The zero-order chi connectivity index (χ0) is 16.6. The van der Waals surface area contributed by atoms with Gasteiger partial charge in [-0.25, -0.2) is 0 Å². The number of nitrogens with one attached hydrogen (secondary N) is 1. The molecule has 1 fully saturated rings. The van der Waals surface area contributed by atoms with Gasteiger partial charge in [0.1, 0.15) is 5.75 Å². The van der Waals surface area contributed by atoms with E-state index in [-0.39, 0.29) is 11.8 Å². The van der Waals surface area contributed by atoms with E-state index in [4.69, 9.17) is 4.74 Å². The standard InChI is InChI=1S/C21H25NO2/c23-21(18-12-4-5-13-18)22-19-14-6-7-15-20(19)24-16-8-11-17-9-2-1-3-10-17/h1-3,6-7,9-10,14-15,18H,4-5,8,11-13,16H2,(H,22,23). The van der Waals surface area contributed by atoms with E-state index >= 15 is 0 Å². The summed E-state index contributed by atoms with van der Waals surface area (Å²) in [5, 5.41) is 3.05. The lowest BCUT2D eigenvalue weighted by Gasteiger charge is -2.14. The van der Waals surface area contributed by atoms with E-state index in [1.54, 1.807) is 0 Å². The molecule has 0 saturated heterocycles. The summed E-state index contributed by atoms with van der Waals surface area (Å²) < 4.78 is 5.91. The number of para-hydroxylation sites is 2. The van der Waals surface area contributed by atoms with Crippen LogP contribution in [0.3, 0.4) is 0 Å². The summed E-state index contributed by atoms with van der Waals surface area (Å²) in [5.74, 6) is 1.06. The molecule has 1 aliphatic carbocycles. The molecular formula is C21H25NO2. The van der Waals surface area contributed by atoms with E-state index in [2.05, 4.69) is 29.6 Å². The lowest BCUT2D eigenvalue weighted by Crippen LogP contribution is -2.20. The molecule has 0 atom stereocenters. The lowest BCUT2D eigenvalue weighted by molar-refractivity contribution is -0.119. The van der Waals surface area contributed by atoms with Crippen LogP contribution in [-0.4, -0.2) is 12.5 Å². The molecule has 0 aliphatic heterocycles. The van der Waals surface area contributed by atoms with Gasteiger partial charge in [-0.15, -0.1) is 0 Å².